The highest BCUT2D eigenvalue weighted by Gasteiger charge is 2.55. The summed E-state index contributed by atoms with van der Waals surface area (Å²) in [5, 5.41) is 8.72. The standard InChI is InChI=1S/C20H29NO5/c1-5-20(6-2)16(12-17(20)25-7-3)21(4)19(24)14-9-8-10-15(11-14)26-13-18(22)23/h8-11,16-17H,5-7,12-13H2,1-4H3,(H,22,23). The second-order valence-corrected chi connectivity index (χ2v) is 6.76. The molecule has 1 fully saturated rings. The van der Waals surface area contributed by atoms with Gasteiger partial charge in [-0.2, -0.15) is 0 Å². The van der Waals surface area contributed by atoms with Crippen LogP contribution >= 0.6 is 0 Å². The smallest absolute Gasteiger partial charge is 0.341 e. The Labute approximate surface area is 155 Å². The number of rotatable bonds is 9. The Kier molecular flexibility index (Phi) is 6.64. The van der Waals surface area contributed by atoms with E-state index in [0.29, 0.717) is 17.9 Å². The lowest BCUT2D eigenvalue weighted by Gasteiger charge is -2.58. The van der Waals surface area contributed by atoms with Gasteiger partial charge in [-0.3, -0.25) is 4.79 Å². The minimum atomic E-state index is -1.05. The lowest BCUT2D eigenvalue weighted by atomic mass is 9.58. The fourth-order valence-corrected chi connectivity index (χ4v) is 4.09. The number of amides is 1. The molecule has 2 rings (SSSR count). The fraction of sp³-hybridized carbons (Fsp3) is 0.600. The topological polar surface area (TPSA) is 76.1 Å². The Balaban J connectivity index is 2.14. The summed E-state index contributed by atoms with van der Waals surface area (Å²) in [6, 6.07) is 6.81. The van der Waals surface area contributed by atoms with Crippen LogP contribution in [0.25, 0.3) is 0 Å². The van der Waals surface area contributed by atoms with Gasteiger partial charge in [-0.25, -0.2) is 4.79 Å². The lowest BCUT2D eigenvalue weighted by Crippen LogP contribution is -2.64. The number of carboxylic acids is 1. The second kappa shape index (κ2) is 8.54. The quantitative estimate of drug-likeness (QED) is 0.729. The summed E-state index contributed by atoms with van der Waals surface area (Å²) >= 11 is 0. The van der Waals surface area contributed by atoms with Crippen LogP contribution in [0.3, 0.4) is 0 Å². The van der Waals surface area contributed by atoms with E-state index >= 15 is 0 Å². The molecule has 0 bridgehead atoms. The van der Waals surface area contributed by atoms with Crippen LogP contribution in [0.1, 0.15) is 50.4 Å². The Morgan fingerprint density at radius 2 is 1.96 bits per heavy atom. The van der Waals surface area contributed by atoms with Crippen LogP contribution in [0, 0.1) is 5.41 Å². The van der Waals surface area contributed by atoms with Crippen LogP contribution in [0.4, 0.5) is 0 Å². The zero-order valence-corrected chi connectivity index (χ0v) is 16.0. The van der Waals surface area contributed by atoms with Gasteiger partial charge in [0.2, 0.25) is 0 Å². The van der Waals surface area contributed by atoms with E-state index in [-0.39, 0.29) is 23.5 Å². The molecule has 144 valence electrons. The Morgan fingerprint density at radius 3 is 2.54 bits per heavy atom. The number of hydrogen-bond donors (Lipinski definition) is 1. The normalized spacial score (nSPS) is 20.9. The van der Waals surface area contributed by atoms with Crippen molar-refractivity contribution >= 4 is 11.9 Å². The summed E-state index contributed by atoms with van der Waals surface area (Å²) in [6.45, 7) is 6.56. The summed E-state index contributed by atoms with van der Waals surface area (Å²) in [5.74, 6) is -0.757. The maximum atomic E-state index is 13.0. The first-order valence-electron chi connectivity index (χ1n) is 9.23. The van der Waals surface area contributed by atoms with E-state index in [1.54, 1.807) is 29.2 Å². The molecule has 0 aliphatic heterocycles. The zero-order chi connectivity index (χ0) is 19.3. The molecule has 1 aliphatic rings. The van der Waals surface area contributed by atoms with Gasteiger partial charge in [0.05, 0.1) is 6.10 Å². The fourth-order valence-electron chi connectivity index (χ4n) is 4.09. The van der Waals surface area contributed by atoms with Gasteiger partial charge in [-0.15, -0.1) is 0 Å². The first kappa shape index (κ1) is 20.2. The molecule has 0 saturated heterocycles. The highest BCUT2D eigenvalue weighted by molar-refractivity contribution is 5.94. The van der Waals surface area contributed by atoms with E-state index in [4.69, 9.17) is 14.6 Å². The van der Waals surface area contributed by atoms with Gasteiger partial charge in [0.1, 0.15) is 5.75 Å². The third-order valence-corrected chi connectivity index (χ3v) is 5.66. The summed E-state index contributed by atoms with van der Waals surface area (Å²) in [5.41, 5.74) is 0.481. The summed E-state index contributed by atoms with van der Waals surface area (Å²) in [7, 11) is 1.83. The first-order valence-corrected chi connectivity index (χ1v) is 9.23. The average Bonchev–Trinajstić information content (AvgIpc) is 2.63. The van der Waals surface area contributed by atoms with E-state index < -0.39 is 12.6 Å². The average molecular weight is 363 g/mol. The number of carbonyl (C=O) groups is 2. The van der Waals surface area contributed by atoms with Crippen molar-refractivity contribution in [2.45, 2.75) is 52.2 Å². The number of aliphatic carboxylic acids is 1. The molecule has 0 aromatic heterocycles. The van der Waals surface area contributed by atoms with Crippen molar-refractivity contribution in [3.8, 4) is 5.75 Å². The van der Waals surface area contributed by atoms with Gasteiger partial charge in [-0.1, -0.05) is 19.9 Å². The third-order valence-electron chi connectivity index (χ3n) is 5.66. The number of nitrogens with zero attached hydrogens (tertiary/aromatic N) is 1. The SMILES string of the molecule is CCOC1CC(N(C)C(=O)c2cccc(OCC(=O)O)c2)C1(CC)CC. The molecule has 1 N–H and O–H groups in total. The molecule has 6 nitrogen and oxygen atoms in total. The molecule has 2 atom stereocenters. The van der Waals surface area contributed by atoms with Crippen molar-refractivity contribution < 1.29 is 24.2 Å². The van der Waals surface area contributed by atoms with Crippen molar-refractivity contribution in [2.75, 3.05) is 20.3 Å². The minimum Gasteiger partial charge on any atom is -0.482 e. The Bertz CT molecular complexity index is 641. The highest BCUT2D eigenvalue weighted by atomic mass is 16.5. The Hall–Kier alpha value is -2.08. The van der Waals surface area contributed by atoms with E-state index in [1.807, 2.05) is 14.0 Å². The van der Waals surface area contributed by atoms with Gasteiger partial charge >= 0.3 is 5.97 Å². The zero-order valence-electron chi connectivity index (χ0n) is 16.0. The molecule has 1 saturated carbocycles. The molecular weight excluding hydrogens is 334 g/mol. The maximum Gasteiger partial charge on any atom is 0.341 e. The van der Waals surface area contributed by atoms with Crippen molar-refractivity contribution in [2.24, 2.45) is 5.41 Å². The summed E-state index contributed by atoms with van der Waals surface area (Å²) in [6.07, 6.45) is 2.94. The van der Waals surface area contributed by atoms with E-state index in [2.05, 4.69) is 13.8 Å². The van der Waals surface area contributed by atoms with E-state index in [0.717, 1.165) is 19.3 Å². The van der Waals surface area contributed by atoms with E-state index in [1.165, 1.54) is 0 Å². The van der Waals surface area contributed by atoms with Crippen LogP contribution in [0.5, 0.6) is 5.75 Å². The second-order valence-electron chi connectivity index (χ2n) is 6.76. The molecule has 1 amide bonds. The minimum absolute atomic E-state index is 0.0160. The molecule has 1 aliphatic carbocycles. The predicted molar refractivity (Wildman–Crippen MR) is 98.5 cm³/mol. The molecule has 0 heterocycles. The molecule has 26 heavy (non-hydrogen) atoms. The van der Waals surface area contributed by atoms with Crippen LogP contribution in [0.2, 0.25) is 0 Å². The van der Waals surface area contributed by atoms with Gasteiger partial charge < -0.3 is 19.5 Å². The largest absolute Gasteiger partial charge is 0.482 e. The van der Waals surface area contributed by atoms with Crippen molar-refractivity contribution in [3.63, 3.8) is 0 Å². The number of carbonyl (C=O) groups excluding carboxylic acids is 1. The molecule has 1 aromatic carbocycles. The van der Waals surface area contributed by atoms with Crippen molar-refractivity contribution in [1.82, 2.24) is 4.90 Å². The molecule has 0 spiro atoms. The predicted octanol–water partition coefficient (Wildman–Crippen LogP) is 3.21. The van der Waals surface area contributed by atoms with Crippen LogP contribution < -0.4 is 4.74 Å². The van der Waals surface area contributed by atoms with Crippen LogP contribution in [-0.4, -0.2) is 54.3 Å². The van der Waals surface area contributed by atoms with Crippen LogP contribution in [0.15, 0.2) is 24.3 Å². The Morgan fingerprint density at radius 1 is 1.27 bits per heavy atom. The summed E-state index contributed by atoms with van der Waals surface area (Å²) in [4.78, 5) is 25.4. The molecule has 1 aromatic rings. The lowest BCUT2D eigenvalue weighted by molar-refractivity contribution is -0.159. The monoisotopic (exact) mass is 363 g/mol. The summed E-state index contributed by atoms with van der Waals surface area (Å²) < 4.78 is 11.1. The molecule has 6 heteroatoms. The third kappa shape index (κ3) is 3.85. The van der Waals surface area contributed by atoms with Gasteiger partial charge in [0, 0.05) is 30.7 Å². The molecule has 0 radical (unpaired) electrons. The van der Waals surface area contributed by atoms with E-state index in [9.17, 15) is 9.59 Å². The number of carboxylic acid groups (broad SMARTS) is 1. The molecular formula is C20H29NO5. The van der Waals surface area contributed by atoms with Crippen molar-refractivity contribution in [1.29, 1.82) is 0 Å². The number of ether oxygens (including phenoxy) is 2. The van der Waals surface area contributed by atoms with Gasteiger partial charge in [-0.05, 0) is 44.4 Å². The maximum absolute atomic E-state index is 13.0. The van der Waals surface area contributed by atoms with Crippen molar-refractivity contribution in [3.05, 3.63) is 29.8 Å². The van der Waals surface area contributed by atoms with Gasteiger partial charge in [0.25, 0.3) is 5.91 Å². The number of benzene rings is 1. The first-order chi connectivity index (χ1) is 12.4. The van der Waals surface area contributed by atoms with Gasteiger partial charge in [0.15, 0.2) is 6.61 Å². The molecule has 2 unspecified atom stereocenters. The highest BCUT2D eigenvalue weighted by Crippen LogP contribution is 2.51. The number of hydrogen-bond acceptors (Lipinski definition) is 4. The van der Waals surface area contributed by atoms with Crippen LogP contribution in [-0.2, 0) is 9.53 Å².